The van der Waals surface area contributed by atoms with Crippen LogP contribution in [0, 0.1) is 12.3 Å². The molecule has 0 atom stereocenters. The van der Waals surface area contributed by atoms with Crippen LogP contribution in [0.15, 0.2) is 6.07 Å². The second-order valence-corrected chi connectivity index (χ2v) is 4.54. The molecular weight excluding hydrogens is 280 g/mol. The number of nitrogens with zero attached hydrogens (tertiary/aromatic N) is 2. The summed E-state index contributed by atoms with van der Waals surface area (Å²) in [6.45, 7) is 4.24. The maximum absolute atomic E-state index is 11.2. The van der Waals surface area contributed by atoms with Crippen LogP contribution in [0.1, 0.15) is 30.0 Å². The molecule has 1 aliphatic heterocycles. The van der Waals surface area contributed by atoms with Gasteiger partial charge in [0.1, 0.15) is 0 Å². The fourth-order valence-electron chi connectivity index (χ4n) is 1.40. The van der Waals surface area contributed by atoms with Crippen molar-refractivity contribution in [1.29, 1.82) is 0 Å². The Morgan fingerprint density at radius 2 is 2.15 bits per heavy atom. The topological polar surface area (TPSA) is 70.4 Å². The van der Waals surface area contributed by atoms with E-state index < -0.39 is 5.97 Å². The van der Waals surface area contributed by atoms with Crippen LogP contribution in [0.25, 0.3) is 0 Å². The fourth-order valence-corrected chi connectivity index (χ4v) is 2.33. The second kappa shape index (κ2) is 8.27. The van der Waals surface area contributed by atoms with E-state index in [-0.39, 0.29) is 5.97 Å². The Kier molecular flexibility index (Phi) is 6.67. The SMILES string of the molecule is C#CC(=O)OCC.CCOC(=O)c1cc2n(n1)CSC2. The summed E-state index contributed by atoms with van der Waals surface area (Å²) in [7, 11) is 0. The van der Waals surface area contributed by atoms with Crippen molar-refractivity contribution in [3.05, 3.63) is 17.5 Å². The summed E-state index contributed by atoms with van der Waals surface area (Å²) >= 11 is 1.79. The average molecular weight is 296 g/mol. The smallest absolute Gasteiger partial charge is 0.384 e. The number of aromatic nitrogens is 2. The van der Waals surface area contributed by atoms with E-state index in [1.54, 1.807) is 37.6 Å². The van der Waals surface area contributed by atoms with Crippen molar-refractivity contribution in [3.8, 4) is 12.3 Å². The van der Waals surface area contributed by atoms with Crippen LogP contribution >= 0.6 is 11.8 Å². The third-order valence-corrected chi connectivity index (χ3v) is 3.13. The van der Waals surface area contributed by atoms with Crippen molar-refractivity contribution in [1.82, 2.24) is 9.78 Å². The van der Waals surface area contributed by atoms with Crippen LogP contribution in [0.2, 0.25) is 0 Å². The molecule has 7 heteroatoms. The van der Waals surface area contributed by atoms with Gasteiger partial charge in [-0.15, -0.1) is 18.2 Å². The van der Waals surface area contributed by atoms with Crippen LogP contribution in [0.3, 0.4) is 0 Å². The molecule has 0 fully saturated rings. The van der Waals surface area contributed by atoms with Gasteiger partial charge >= 0.3 is 11.9 Å². The third kappa shape index (κ3) is 4.63. The van der Waals surface area contributed by atoms with Crippen LogP contribution in [0.5, 0.6) is 0 Å². The van der Waals surface area contributed by atoms with E-state index in [0.29, 0.717) is 18.9 Å². The number of rotatable bonds is 3. The number of esters is 2. The number of carbonyl (C=O) groups excluding carboxylic acids is 2. The van der Waals surface area contributed by atoms with Crippen molar-refractivity contribution >= 4 is 23.7 Å². The highest BCUT2D eigenvalue weighted by Gasteiger charge is 2.18. The zero-order valence-electron chi connectivity index (χ0n) is 11.4. The van der Waals surface area contributed by atoms with E-state index in [9.17, 15) is 9.59 Å². The van der Waals surface area contributed by atoms with Crippen molar-refractivity contribution in [2.75, 3.05) is 13.2 Å². The summed E-state index contributed by atoms with van der Waals surface area (Å²) < 4.78 is 11.0. The van der Waals surface area contributed by atoms with Crippen molar-refractivity contribution in [2.24, 2.45) is 0 Å². The number of hydrogen-bond donors (Lipinski definition) is 0. The molecule has 0 N–H and O–H groups in total. The molecule has 1 aromatic rings. The Morgan fingerprint density at radius 3 is 2.65 bits per heavy atom. The minimum Gasteiger partial charge on any atom is -0.461 e. The highest BCUT2D eigenvalue weighted by atomic mass is 32.2. The summed E-state index contributed by atoms with van der Waals surface area (Å²) in [5.41, 5.74) is 1.53. The fraction of sp³-hybridized carbons (Fsp3) is 0.462. The monoisotopic (exact) mass is 296 g/mol. The van der Waals surface area contributed by atoms with Gasteiger partial charge in [-0.1, -0.05) is 0 Å². The summed E-state index contributed by atoms with van der Waals surface area (Å²) in [4.78, 5) is 21.2. The minimum absolute atomic E-state index is 0.325. The zero-order valence-corrected chi connectivity index (χ0v) is 12.2. The molecule has 0 saturated carbocycles. The summed E-state index contributed by atoms with van der Waals surface area (Å²) in [5, 5.41) is 4.13. The Labute approximate surface area is 121 Å². The number of carbonyl (C=O) groups is 2. The molecule has 0 radical (unpaired) electrons. The number of terminal acetylenes is 1. The molecule has 0 saturated heterocycles. The van der Waals surface area contributed by atoms with Gasteiger partial charge < -0.3 is 9.47 Å². The zero-order chi connectivity index (χ0) is 15.0. The van der Waals surface area contributed by atoms with Gasteiger partial charge in [-0.05, 0) is 19.9 Å². The molecule has 2 heterocycles. The van der Waals surface area contributed by atoms with Gasteiger partial charge in [0.05, 0.1) is 24.8 Å². The number of hydrogen-bond acceptors (Lipinski definition) is 6. The molecule has 1 aliphatic rings. The first-order valence-corrected chi connectivity index (χ1v) is 7.22. The Bertz CT molecular complexity index is 497. The first kappa shape index (κ1) is 16.1. The molecule has 20 heavy (non-hydrogen) atoms. The van der Waals surface area contributed by atoms with Crippen LogP contribution in [-0.4, -0.2) is 34.9 Å². The first-order valence-electron chi connectivity index (χ1n) is 6.07. The molecule has 6 nitrogen and oxygen atoms in total. The molecule has 0 aromatic carbocycles. The Balaban J connectivity index is 0.000000246. The van der Waals surface area contributed by atoms with Crippen molar-refractivity contribution in [3.63, 3.8) is 0 Å². The molecule has 2 rings (SSSR count). The summed E-state index contributed by atoms with van der Waals surface area (Å²) in [6, 6.07) is 1.80. The van der Waals surface area contributed by atoms with Gasteiger partial charge in [-0.3, -0.25) is 4.68 Å². The van der Waals surface area contributed by atoms with Gasteiger partial charge in [0.15, 0.2) is 5.69 Å². The maximum atomic E-state index is 11.2. The average Bonchev–Trinajstić information content (AvgIpc) is 3.00. The lowest BCUT2D eigenvalue weighted by molar-refractivity contribution is -0.136. The predicted octanol–water partition coefficient (Wildman–Crippen LogP) is 1.45. The van der Waals surface area contributed by atoms with Crippen LogP contribution < -0.4 is 0 Å². The lowest BCUT2D eigenvalue weighted by Crippen LogP contribution is -2.06. The minimum atomic E-state index is -0.595. The molecule has 0 bridgehead atoms. The van der Waals surface area contributed by atoms with E-state index in [2.05, 4.69) is 16.3 Å². The molecule has 0 aliphatic carbocycles. The normalized spacial score (nSPS) is 11.7. The Hall–Kier alpha value is -1.94. The summed E-state index contributed by atoms with van der Waals surface area (Å²) in [6.07, 6.45) is 4.63. The second-order valence-electron chi connectivity index (χ2n) is 3.58. The highest BCUT2D eigenvalue weighted by molar-refractivity contribution is 7.97. The number of thioether (sulfide) groups is 1. The summed E-state index contributed by atoms with van der Waals surface area (Å²) in [5.74, 6) is 2.66. The molecular formula is C13H16N2O4S. The van der Waals surface area contributed by atoms with Gasteiger partial charge in [0.2, 0.25) is 0 Å². The molecule has 0 amide bonds. The van der Waals surface area contributed by atoms with E-state index in [1.165, 1.54) is 0 Å². The van der Waals surface area contributed by atoms with E-state index >= 15 is 0 Å². The molecule has 0 spiro atoms. The number of fused-ring (bicyclic) bond motifs is 1. The van der Waals surface area contributed by atoms with E-state index in [4.69, 9.17) is 4.74 Å². The van der Waals surface area contributed by atoms with Crippen molar-refractivity contribution in [2.45, 2.75) is 25.5 Å². The lowest BCUT2D eigenvalue weighted by Gasteiger charge is -1.96. The largest absolute Gasteiger partial charge is 0.461 e. The standard InChI is InChI=1S/C8H10N2O2S.C5H6O2/c1-2-12-8(11)7-3-6-4-13-5-10(6)9-7;1-3-5(6)7-4-2/h3H,2,4-5H2,1H3;1H,4H2,2H3. The van der Waals surface area contributed by atoms with Gasteiger partial charge in [-0.25, -0.2) is 9.59 Å². The van der Waals surface area contributed by atoms with Crippen LogP contribution in [0.4, 0.5) is 0 Å². The van der Waals surface area contributed by atoms with E-state index in [1.807, 2.05) is 4.68 Å². The van der Waals surface area contributed by atoms with Gasteiger partial charge in [0.25, 0.3) is 0 Å². The van der Waals surface area contributed by atoms with Crippen molar-refractivity contribution < 1.29 is 19.1 Å². The van der Waals surface area contributed by atoms with Crippen LogP contribution in [-0.2, 0) is 25.9 Å². The van der Waals surface area contributed by atoms with E-state index in [0.717, 1.165) is 17.3 Å². The maximum Gasteiger partial charge on any atom is 0.384 e. The molecule has 108 valence electrons. The highest BCUT2D eigenvalue weighted by Crippen LogP contribution is 2.23. The van der Waals surface area contributed by atoms with Gasteiger partial charge in [-0.2, -0.15) is 5.10 Å². The predicted molar refractivity (Wildman–Crippen MR) is 74.9 cm³/mol. The quantitative estimate of drug-likeness (QED) is 0.477. The van der Waals surface area contributed by atoms with Gasteiger partial charge in [0, 0.05) is 11.7 Å². The third-order valence-electron chi connectivity index (χ3n) is 2.20. The molecule has 0 unspecified atom stereocenters. The molecule has 1 aromatic heterocycles. The Morgan fingerprint density at radius 1 is 1.45 bits per heavy atom. The lowest BCUT2D eigenvalue weighted by atomic mass is 10.4. The first-order chi connectivity index (χ1) is 9.62. The number of ether oxygens (including phenoxy) is 2.